The van der Waals surface area contributed by atoms with Crippen LogP contribution >= 0.6 is 0 Å². The number of carbonyl (C=O) groups is 1. The second-order valence-corrected chi connectivity index (χ2v) is 4.79. The molecule has 0 aliphatic heterocycles. The van der Waals surface area contributed by atoms with Gasteiger partial charge in [0.15, 0.2) is 0 Å². The van der Waals surface area contributed by atoms with Crippen molar-refractivity contribution in [1.82, 2.24) is 0 Å². The van der Waals surface area contributed by atoms with Gasteiger partial charge in [0, 0.05) is 0 Å². The standard InChI is InChI=1S/C14H20O3/c1-4-14(2,3)13(16)17-10-12-7-5-11(9-15)6-8-12/h5-8,15H,4,9-10H2,1-3H3. The minimum atomic E-state index is -0.426. The molecule has 0 atom stereocenters. The Kier molecular flexibility index (Phi) is 4.70. The lowest BCUT2D eigenvalue weighted by molar-refractivity contribution is -0.155. The number of benzene rings is 1. The van der Waals surface area contributed by atoms with Gasteiger partial charge < -0.3 is 9.84 Å². The third-order valence-electron chi connectivity index (χ3n) is 3.01. The van der Waals surface area contributed by atoms with Crippen molar-refractivity contribution in [3.63, 3.8) is 0 Å². The van der Waals surface area contributed by atoms with E-state index in [2.05, 4.69) is 0 Å². The summed E-state index contributed by atoms with van der Waals surface area (Å²) in [5.41, 5.74) is 1.36. The molecular weight excluding hydrogens is 216 g/mol. The molecule has 3 nitrogen and oxygen atoms in total. The van der Waals surface area contributed by atoms with Gasteiger partial charge in [0.25, 0.3) is 0 Å². The topological polar surface area (TPSA) is 46.5 Å². The molecule has 1 aromatic rings. The number of esters is 1. The first-order valence-corrected chi connectivity index (χ1v) is 5.85. The Bertz CT molecular complexity index is 366. The van der Waals surface area contributed by atoms with Crippen LogP contribution in [0.5, 0.6) is 0 Å². The van der Waals surface area contributed by atoms with Crippen molar-refractivity contribution in [2.75, 3.05) is 0 Å². The molecule has 0 radical (unpaired) electrons. The summed E-state index contributed by atoms with van der Waals surface area (Å²) in [6, 6.07) is 7.37. The first-order chi connectivity index (χ1) is 7.99. The Labute approximate surface area is 102 Å². The number of aliphatic hydroxyl groups excluding tert-OH is 1. The summed E-state index contributed by atoms with van der Waals surface area (Å²) < 4.78 is 5.26. The fraction of sp³-hybridized carbons (Fsp3) is 0.500. The van der Waals surface area contributed by atoms with Gasteiger partial charge in [-0.05, 0) is 31.4 Å². The van der Waals surface area contributed by atoms with Crippen LogP contribution < -0.4 is 0 Å². The fourth-order valence-corrected chi connectivity index (χ4v) is 1.23. The van der Waals surface area contributed by atoms with Crippen molar-refractivity contribution < 1.29 is 14.6 Å². The van der Waals surface area contributed by atoms with Crippen LogP contribution in [0.2, 0.25) is 0 Å². The van der Waals surface area contributed by atoms with E-state index in [1.807, 2.05) is 45.0 Å². The summed E-state index contributed by atoms with van der Waals surface area (Å²) in [5, 5.41) is 8.90. The van der Waals surface area contributed by atoms with Crippen LogP contribution in [0.3, 0.4) is 0 Å². The Morgan fingerprint density at radius 3 is 2.24 bits per heavy atom. The molecule has 1 rings (SSSR count). The molecule has 17 heavy (non-hydrogen) atoms. The van der Waals surface area contributed by atoms with Gasteiger partial charge in [-0.3, -0.25) is 4.79 Å². The largest absolute Gasteiger partial charge is 0.460 e. The van der Waals surface area contributed by atoms with E-state index in [0.717, 1.165) is 17.5 Å². The highest BCUT2D eigenvalue weighted by Gasteiger charge is 2.26. The lowest BCUT2D eigenvalue weighted by atomic mass is 9.91. The second-order valence-electron chi connectivity index (χ2n) is 4.79. The van der Waals surface area contributed by atoms with Crippen molar-refractivity contribution in [2.24, 2.45) is 5.41 Å². The predicted octanol–water partition coefficient (Wildman–Crippen LogP) is 2.66. The van der Waals surface area contributed by atoms with Crippen LogP contribution in [0.1, 0.15) is 38.3 Å². The van der Waals surface area contributed by atoms with E-state index in [0.29, 0.717) is 0 Å². The highest BCUT2D eigenvalue weighted by atomic mass is 16.5. The number of ether oxygens (including phenoxy) is 1. The molecule has 3 heteroatoms. The Balaban J connectivity index is 2.53. The number of hydrogen-bond acceptors (Lipinski definition) is 3. The molecule has 0 aromatic heterocycles. The number of aliphatic hydroxyl groups is 1. The van der Waals surface area contributed by atoms with Crippen LogP contribution in [0, 0.1) is 5.41 Å². The molecule has 94 valence electrons. The van der Waals surface area contributed by atoms with Gasteiger partial charge in [0.05, 0.1) is 12.0 Å². The predicted molar refractivity (Wildman–Crippen MR) is 66.2 cm³/mol. The average Bonchev–Trinajstić information content (AvgIpc) is 2.36. The van der Waals surface area contributed by atoms with E-state index in [4.69, 9.17) is 9.84 Å². The van der Waals surface area contributed by atoms with E-state index in [1.165, 1.54) is 0 Å². The van der Waals surface area contributed by atoms with E-state index in [-0.39, 0.29) is 19.2 Å². The van der Waals surface area contributed by atoms with E-state index in [1.54, 1.807) is 0 Å². The average molecular weight is 236 g/mol. The smallest absolute Gasteiger partial charge is 0.311 e. The summed E-state index contributed by atoms with van der Waals surface area (Å²) >= 11 is 0. The van der Waals surface area contributed by atoms with Crippen LogP contribution in [0.25, 0.3) is 0 Å². The number of rotatable bonds is 5. The molecule has 0 amide bonds. The molecule has 0 saturated heterocycles. The van der Waals surface area contributed by atoms with Gasteiger partial charge in [-0.15, -0.1) is 0 Å². The van der Waals surface area contributed by atoms with Crippen LogP contribution in [0.15, 0.2) is 24.3 Å². The van der Waals surface area contributed by atoms with E-state index < -0.39 is 5.41 Å². The van der Waals surface area contributed by atoms with Gasteiger partial charge in [-0.25, -0.2) is 0 Å². The molecular formula is C14H20O3. The molecule has 1 N–H and O–H groups in total. The molecule has 0 fully saturated rings. The molecule has 0 unspecified atom stereocenters. The third-order valence-corrected chi connectivity index (χ3v) is 3.01. The SMILES string of the molecule is CCC(C)(C)C(=O)OCc1ccc(CO)cc1. The summed E-state index contributed by atoms with van der Waals surface area (Å²) in [5.74, 6) is -0.175. The van der Waals surface area contributed by atoms with Crippen molar-refractivity contribution in [2.45, 2.75) is 40.4 Å². The number of carbonyl (C=O) groups excluding carboxylic acids is 1. The van der Waals surface area contributed by atoms with Crippen molar-refractivity contribution in [3.05, 3.63) is 35.4 Å². The van der Waals surface area contributed by atoms with Gasteiger partial charge in [0.2, 0.25) is 0 Å². The van der Waals surface area contributed by atoms with Crippen molar-refractivity contribution in [3.8, 4) is 0 Å². The van der Waals surface area contributed by atoms with E-state index in [9.17, 15) is 4.79 Å². The van der Waals surface area contributed by atoms with Crippen molar-refractivity contribution >= 4 is 5.97 Å². The van der Waals surface area contributed by atoms with Gasteiger partial charge in [-0.2, -0.15) is 0 Å². The first kappa shape index (κ1) is 13.7. The monoisotopic (exact) mass is 236 g/mol. The molecule has 0 spiro atoms. The Morgan fingerprint density at radius 2 is 1.76 bits per heavy atom. The highest BCUT2D eigenvalue weighted by Crippen LogP contribution is 2.22. The minimum Gasteiger partial charge on any atom is -0.460 e. The molecule has 0 aliphatic rings. The lowest BCUT2D eigenvalue weighted by Crippen LogP contribution is -2.25. The highest BCUT2D eigenvalue weighted by molar-refractivity contribution is 5.75. The Hall–Kier alpha value is -1.35. The van der Waals surface area contributed by atoms with Crippen LogP contribution in [-0.2, 0) is 22.7 Å². The normalized spacial score (nSPS) is 11.3. The maximum absolute atomic E-state index is 11.7. The third kappa shape index (κ3) is 3.86. The number of hydrogen-bond donors (Lipinski definition) is 1. The zero-order chi connectivity index (χ0) is 12.9. The van der Waals surface area contributed by atoms with Crippen molar-refractivity contribution in [1.29, 1.82) is 0 Å². The van der Waals surface area contributed by atoms with E-state index >= 15 is 0 Å². The zero-order valence-corrected chi connectivity index (χ0v) is 10.7. The van der Waals surface area contributed by atoms with Gasteiger partial charge in [-0.1, -0.05) is 31.2 Å². The fourth-order valence-electron chi connectivity index (χ4n) is 1.23. The second kappa shape index (κ2) is 5.82. The quantitative estimate of drug-likeness (QED) is 0.799. The summed E-state index contributed by atoms with van der Waals surface area (Å²) in [6.07, 6.45) is 0.759. The molecule has 0 aliphatic carbocycles. The molecule has 1 aromatic carbocycles. The summed E-state index contributed by atoms with van der Waals surface area (Å²) in [4.78, 5) is 11.7. The molecule has 0 heterocycles. The minimum absolute atomic E-state index is 0.0307. The maximum Gasteiger partial charge on any atom is 0.311 e. The van der Waals surface area contributed by atoms with Crippen LogP contribution in [-0.4, -0.2) is 11.1 Å². The zero-order valence-electron chi connectivity index (χ0n) is 10.7. The van der Waals surface area contributed by atoms with Gasteiger partial charge in [0.1, 0.15) is 6.61 Å². The molecule has 0 saturated carbocycles. The Morgan fingerprint density at radius 1 is 1.24 bits per heavy atom. The summed E-state index contributed by atoms with van der Waals surface area (Å²) in [7, 11) is 0. The molecule has 0 bridgehead atoms. The lowest BCUT2D eigenvalue weighted by Gasteiger charge is -2.20. The first-order valence-electron chi connectivity index (χ1n) is 5.85. The summed E-state index contributed by atoms with van der Waals surface area (Å²) in [6.45, 7) is 6.04. The maximum atomic E-state index is 11.7. The van der Waals surface area contributed by atoms with Gasteiger partial charge >= 0.3 is 5.97 Å². The van der Waals surface area contributed by atoms with Crippen LogP contribution in [0.4, 0.5) is 0 Å².